The molecule has 7 heteroatoms. The normalized spacial score (nSPS) is 12.6. The van der Waals surface area contributed by atoms with Gasteiger partial charge in [-0.3, -0.25) is 4.68 Å². The van der Waals surface area contributed by atoms with Gasteiger partial charge in [0.2, 0.25) is 0 Å². The molecule has 6 nitrogen and oxygen atoms in total. The van der Waals surface area contributed by atoms with E-state index in [1.807, 2.05) is 32.4 Å². The van der Waals surface area contributed by atoms with Gasteiger partial charge in [-0.25, -0.2) is 0 Å². The molecule has 2 aromatic rings. The van der Waals surface area contributed by atoms with Crippen molar-refractivity contribution in [1.82, 2.24) is 19.9 Å². The summed E-state index contributed by atoms with van der Waals surface area (Å²) >= 11 is -1.13. The number of aromatic nitrogens is 3. The first-order valence-electron chi connectivity index (χ1n) is 6.64. The van der Waals surface area contributed by atoms with Crippen LogP contribution < -0.4 is 4.74 Å². The zero-order valence-corrected chi connectivity index (χ0v) is 13.3. The highest BCUT2D eigenvalue weighted by molar-refractivity contribution is 7.90. The van der Waals surface area contributed by atoms with Crippen molar-refractivity contribution in [2.45, 2.75) is 17.2 Å². The van der Waals surface area contributed by atoms with E-state index in [4.69, 9.17) is 4.74 Å². The summed E-state index contributed by atoms with van der Waals surface area (Å²) in [6, 6.07) is 7.24. The van der Waals surface area contributed by atoms with E-state index in [1.165, 1.54) is 0 Å². The predicted molar refractivity (Wildman–Crippen MR) is 81.7 cm³/mol. The number of likely N-dealkylation sites (N-methyl/N-ethyl adjacent to an activating group) is 1. The first-order chi connectivity index (χ1) is 10.1. The van der Waals surface area contributed by atoms with Gasteiger partial charge in [-0.05, 0) is 49.5 Å². The van der Waals surface area contributed by atoms with Crippen molar-refractivity contribution in [3.8, 4) is 5.75 Å². The minimum absolute atomic E-state index is 0.369. The largest absolute Gasteiger partial charge is 0.611 e. The van der Waals surface area contributed by atoms with Crippen molar-refractivity contribution < 1.29 is 9.29 Å². The topological polar surface area (TPSA) is 66.2 Å². The molecule has 1 aromatic heterocycles. The second-order valence-electron chi connectivity index (χ2n) is 4.94. The second kappa shape index (κ2) is 7.44. The Balaban J connectivity index is 1.93. The predicted octanol–water partition coefficient (Wildman–Crippen LogP) is 1.16. The van der Waals surface area contributed by atoms with E-state index in [1.54, 1.807) is 23.9 Å². The molecule has 0 spiro atoms. The molecule has 2 rings (SSSR count). The zero-order chi connectivity index (χ0) is 15.2. The smallest absolute Gasteiger partial charge is 0.156 e. The van der Waals surface area contributed by atoms with Crippen molar-refractivity contribution in [1.29, 1.82) is 0 Å². The average Bonchev–Trinajstić information content (AvgIpc) is 2.92. The maximum Gasteiger partial charge on any atom is 0.156 e. The van der Waals surface area contributed by atoms with Crippen LogP contribution in [0.15, 0.2) is 35.4 Å². The molecule has 1 unspecified atom stereocenters. The number of benzene rings is 1. The first-order valence-corrected chi connectivity index (χ1v) is 7.96. The summed E-state index contributed by atoms with van der Waals surface area (Å²) in [6.45, 7) is 1.67. The van der Waals surface area contributed by atoms with E-state index in [0.717, 1.165) is 29.4 Å². The summed E-state index contributed by atoms with van der Waals surface area (Å²) in [5.41, 5.74) is 0.739. The molecule has 0 saturated carbocycles. The maximum absolute atomic E-state index is 12.3. The van der Waals surface area contributed by atoms with Crippen LogP contribution >= 0.6 is 0 Å². The van der Waals surface area contributed by atoms with Gasteiger partial charge in [0, 0.05) is 6.54 Å². The van der Waals surface area contributed by atoms with E-state index < -0.39 is 11.2 Å². The van der Waals surface area contributed by atoms with Gasteiger partial charge in [-0.1, -0.05) is 5.21 Å². The van der Waals surface area contributed by atoms with Gasteiger partial charge in [0.25, 0.3) is 0 Å². The summed E-state index contributed by atoms with van der Waals surface area (Å²) in [7, 11) is 5.63. The molecule has 0 amide bonds. The Morgan fingerprint density at radius 2 is 2.00 bits per heavy atom. The molecular weight excluding hydrogens is 288 g/mol. The molecule has 21 heavy (non-hydrogen) atoms. The van der Waals surface area contributed by atoms with Gasteiger partial charge in [-0.2, -0.15) is 0 Å². The van der Waals surface area contributed by atoms with Gasteiger partial charge in [-0.15, -0.1) is 5.10 Å². The van der Waals surface area contributed by atoms with Crippen LogP contribution in [-0.4, -0.2) is 52.2 Å². The SMILES string of the molecule is COc1ccc([S+]([O-])Cc2cn(CCN(C)C)nn2)cc1. The standard InChI is InChI=1S/C14H20N4O2S/c1-17(2)8-9-18-10-12(15-16-18)11-21(19)14-6-4-13(20-3)5-7-14/h4-7,10H,8-9,11H2,1-3H3. The van der Waals surface area contributed by atoms with E-state index in [-0.39, 0.29) is 0 Å². The fourth-order valence-corrected chi connectivity index (χ4v) is 2.77. The van der Waals surface area contributed by atoms with Crippen molar-refractivity contribution >= 4 is 11.2 Å². The number of nitrogens with zero attached hydrogens (tertiary/aromatic N) is 4. The average molecular weight is 308 g/mol. The van der Waals surface area contributed by atoms with Crippen molar-refractivity contribution in [2.24, 2.45) is 0 Å². The first kappa shape index (κ1) is 15.8. The maximum atomic E-state index is 12.3. The molecule has 0 aliphatic heterocycles. The summed E-state index contributed by atoms with van der Waals surface area (Å²) < 4.78 is 19.1. The Bertz CT molecular complexity index is 556. The number of hydrogen-bond donors (Lipinski definition) is 0. The lowest BCUT2D eigenvalue weighted by Gasteiger charge is -2.09. The third kappa shape index (κ3) is 4.73. The van der Waals surface area contributed by atoms with Gasteiger partial charge >= 0.3 is 0 Å². The number of hydrogen-bond acceptors (Lipinski definition) is 5. The number of rotatable bonds is 7. The summed E-state index contributed by atoms with van der Waals surface area (Å²) in [5.74, 6) is 1.12. The molecule has 0 fully saturated rings. The lowest BCUT2D eigenvalue weighted by atomic mass is 10.3. The third-order valence-corrected chi connectivity index (χ3v) is 4.32. The van der Waals surface area contributed by atoms with Gasteiger partial charge in [0.15, 0.2) is 10.6 Å². The fourth-order valence-electron chi connectivity index (χ4n) is 1.76. The van der Waals surface area contributed by atoms with Gasteiger partial charge in [0.05, 0.1) is 19.9 Å². The third-order valence-electron chi connectivity index (χ3n) is 2.96. The van der Waals surface area contributed by atoms with Crippen LogP contribution in [0, 0.1) is 0 Å². The Morgan fingerprint density at radius 1 is 1.29 bits per heavy atom. The Kier molecular flexibility index (Phi) is 5.60. The van der Waals surface area contributed by atoms with E-state index >= 15 is 0 Å². The van der Waals surface area contributed by atoms with E-state index in [0.29, 0.717) is 5.75 Å². The Hall–Kier alpha value is -1.57. The van der Waals surface area contributed by atoms with Crippen LogP contribution in [-0.2, 0) is 23.5 Å². The molecule has 0 N–H and O–H groups in total. The summed E-state index contributed by atoms with van der Waals surface area (Å²) in [5, 5.41) is 8.12. The minimum atomic E-state index is -1.13. The van der Waals surface area contributed by atoms with Crippen LogP contribution in [0.4, 0.5) is 0 Å². The fraction of sp³-hybridized carbons (Fsp3) is 0.429. The highest BCUT2D eigenvalue weighted by Crippen LogP contribution is 2.18. The second-order valence-corrected chi connectivity index (χ2v) is 6.39. The Labute approximate surface area is 127 Å². The molecular formula is C14H20N4O2S. The molecule has 0 aliphatic rings. The molecule has 114 valence electrons. The van der Waals surface area contributed by atoms with Gasteiger partial charge in [0.1, 0.15) is 11.4 Å². The number of methoxy groups -OCH3 is 1. The van der Waals surface area contributed by atoms with Crippen LogP contribution in [0.3, 0.4) is 0 Å². The molecule has 0 bridgehead atoms. The molecule has 1 atom stereocenters. The molecule has 0 saturated heterocycles. The van der Waals surface area contributed by atoms with Crippen molar-refractivity contribution in [3.63, 3.8) is 0 Å². The van der Waals surface area contributed by atoms with Crippen molar-refractivity contribution in [2.75, 3.05) is 27.7 Å². The monoisotopic (exact) mass is 308 g/mol. The van der Waals surface area contributed by atoms with Crippen LogP contribution in [0.25, 0.3) is 0 Å². The van der Waals surface area contributed by atoms with Crippen LogP contribution in [0.2, 0.25) is 0 Å². The van der Waals surface area contributed by atoms with E-state index in [2.05, 4.69) is 15.2 Å². The van der Waals surface area contributed by atoms with Crippen LogP contribution in [0.5, 0.6) is 5.75 Å². The lowest BCUT2D eigenvalue weighted by Crippen LogP contribution is -2.18. The Morgan fingerprint density at radius 3 is 2.62 bits per heavy atom. The van der Waals surface area contributed by atoms with Crippen molar-refractivity contribution in [3.05, 3.63) is 36.2 Å². The number of ether oxygens (including phenoxy) is 1. The molecule has 0 radical (unpaired) electrons. The molecule has 1 heterocycles. The molecule has 1 aromatic carbocycles. The van der Waals surface area contributed by atoms with Gasteiger partial charge < -0.3 is 14.2 Å². The highest BCUT2D eigenvalue weighted by atomic mass is 32.2. The highest BCUT2D eigenvalue weighted by Gasteiger charge is 2.14. The van der Waals surface area contributed by atoms with E-state index in [9.17, 15) is 4.55 Å². The molecule has 0 aliphatic carbocycles. The quantitative estimate of drug-likeness (QED) is 0.718. The summed E-state index contributed by atoms with van der Waals surface area (Å²) in [4.78, 5) is 2.84. The van der Waals surface area contributed by atoms with Crippen LogP contribution in [0.1, 0.15) is 5.69 Å². The summed E-state index contributed by atoms with van der Waals surface area (Å²) in [6.07, 6.45) is 1.85. The lowest BCUT2D eigenvalue weighted by molar-refractivity contribution is 0.370. The zero-order valence-electron chi connectivity index (χ0n) is 12.5. The minimum Gasteiger partial charge on any atom is -0.611 e.